The number of carbonyl (C=O) groups is 2. The van der Waals surface area contributed by atoms with Gasteiger partial charge in [0, 0.05) is 27.7 Å². The summed E-state index contributed by atoms with van der Waals surface area (Å²) in [5.74, 6) is 0.126. The van der Waals surface area contributed by atoms with E-state index in [-0.39, 0.29) is 11.8 Å². The van der Waals surface area contributed by atoms with Crippen molar-refractivity contribution in [3.05, 3.63) is 88.4 Å². The quantitative estimate of drug-likeness (QED) is 0.404. The summed E-state index contributed by atoms with van der Waals surface area (Å²) in [4.78, 5) is 25.3. The molecule has 0 aliphatic heterocycles. The minimum absolute atomic E-state index is 0.0953. The molecule has 0 aliphatic rings. The number of nitrogens with one attached hydrogen (secondary N) is 2. The van der Waals surface area contributed by atoms with E-state index in [4.69, 9.17) is 4.74 Å². The Morgan fingerprint density at radius 1 is 0.875 bits per heavy atom. The van der Waals surface area contributed by atoms with Crippen LogP contribution in [-0.2, 0) is 11.2 Å². The topological polar surface area (TPSA) is 67.4 Å². The Morgan fingerprint density at radius 2 is 1.56 bits per heavy atom. The second kappa shape index (κ2) is 10.5. The molecule has 166 valence electrons. The molecule has 0 saturated heterocycles. The van der Waals surface area contributed by atoms with Gasteiger partial charge in [-0.05, 0) is 42.0 Å². The predicted molar refractivity (Wildman–Crippen MR) is 132 cm³/mol. The lowest BCUT2D eigenvalue weighted by molar-refractivity contribution is -0.123. The van der Waals surface area contributed by atoms with Crippen molar-refractivity contribution in [3.8, 4) is 5.75 Å². The van der Waals surface area contributed by atoms with Crippen molar-refractivity contribution in [2.45, 2.75) is 27.2 Å². The number of rotatable bonds is 7. The summed E-state index contributed by atoms with van der Waals surface area (Å²) in [7, 11) is 0. The molecule has 3 rings (SSSR count). The highest BCUT2D eigenvalue weighted by Gasteiger charge is 2.21. The fourth-order valence-electron chi connectivity index (χ4n) is 2.92. The zero-order valence-corrected chi connectivity index (χ0v) is 20.0. The molecule has 0 radical (unpaired) electrons. The molecule has 0 heterocycles. The first-order chi connectivity index (χ1) is 15.2. The Bertz CT molecular complexity index is 1090. The number of hydrogen-bond donors (Lipinski definition) is 2. The van der Waals surface area contributed by atoms with Crippen LogP contribution in [0.15, 0.2) is 77.3 Å². The monoisotopic (exact) mass is 494 g/mol. The average molecular weight is 495 g/mol. The van der Waals surface area contributed by atoms with Crippen molar-refractivity contribution >= 4 is 39.1 Å². The molecule has 0 spiro atoms. The second-order valence-electron chi connectivity index (χ2n) is 8.46. The van der Waals surface area contributed by atoms with Gasteiger partial charge in [-0.2, -0.15) is 0 Å². The fraction of sp³-hybridized carbons (Fsp3) is 0.231. The van der Waals surface area contributed by atoms with E-state index in [1.165, 1.54) is 5.56 Å². The molecule has 32 heavy (non-hydrogen) atoms. The Morgan fingerprint density at radius 3 is 2.25 bits per heavy atom. The highest BCUT2D eigenvalue weighted by Crippen LogP contribution is 2.26. The lowest BCUT2D eigenvalue weighted by Crippen LogP contribution is -2.27. The molecular formula is C26H27BrN2O3. The predicted octanol–water partition coefficient (Wildman–Crippen LogP) is 6.31. The number of anilines is 2. The molecule has 6 heteroatoms. The minimum atomic E-state index is -0.512. The zero-order valence-electron chi connectivity index (χ0n) is 18.4. The highest BCUT2D eigenvalue weighted by atomic mass is 79.9. The molecule has 5 nitrogen and oxygen atoms in total. The summed E-state index contributed by atoms with van der Waals surface area (Å²) >= 11 is 3.43. The van der Waals surface area contributed by atoms with Gasteiger partial charge in [0.25, 0.3) is 5.91 Å². The number of hydrogen-bond acceptors (Lipinski definition) is 3. The molecule has 0 fully saturated rings. The van der Waals surface area contributed by atoms with E-state index in [9.17, 15) is 9.59 Å². The maximum Gasteiger partial charge on any atom is 0.259 e. The van der Waals surface area contributed by atoms with Crippen LogP contribution < -0.4 is 15.4 Å². The van der Waals surface area contributed by atoms with E-state index in [2.05, 4.69) is 26.6 Å². The average Bonchev–Trinajstić information content (AvgIpc) is 2.75. The van der Waals surface area contributed by atoms with Gasteiger partial charge in [-0.25, -0.2) is 0 Å². The molecule has 0 bridgehead atoms. The van der Waals surface area contributed by atoms with Crippen LogP contribution in [0.2, 0.25) is 0 Å². The van der Waals surface area contributed by atoms with E-state index in [1.54, 1.807) is 36.4 Å². The van der Waals surface area contributed by atoms with Gasteiger partial charge in [0.05, 0.1) is 12.2 Å². The summed E-state index contributed by atoms with van der Waals surface area (Å²) in [6.07, 6.45) is 0.744. The standard InChI is InChI=1S/C26H27BrN2O3/c1-26(2,3)25(31)29-21-11-7-10-20(17-21)28-24(30)22-16-19(27)12-13-23(22)32-15-14-18-8-5-4-6-9-18/h4-13,16-17H,14-15H2,1-3H3,(H,28,30)(H,29,31). The van der Waals surface area contributed by atoms with Crippen molar-refractivity contribution in [2.24, 2.45) is 5.41 Å². The van der Waals surface area contributed by atoms with Crippen molar-refractivity contribution in [1.82, 2.24) is 0 Å². The molecule has 0 aliphatic carbocycles. The molecule has 3 aromatic rings. The van der Waals surface area contributed by atoms with Crippen molar-refractivity contribution in [2.75, 3.05) is 17.2 Å². The summed E-state index contributed by atoms with van der Waals surface area (Å²) < 4.78 is 6.71. The van der Waals surface area contributed by atoms with Crippen LogP contribution in [0, 0.1) is 5.41 Å². The number of benzene rings is 3. The SMILES string of the molecule is CC(C)(C)C(=O)Nc1cccc(NC(=O)c2cc(Br)ccc2OCCc2ccccc2)c1. The van der Waals surface area contributed by atoms with E-state index >= 15 is 0 Å². The van der Waals surface area contributed by atoms with Gasteiger partial charge >= 0.3 is 0 Å². The van der Waals surface area contributed by atoms with Gasteiger partial charge in [0.15, 0.2) is 0 Å². The number of amides is 2. The smallest absolute Gasteiger partial charge is 0.259 e. The Balaban J connectivity index is 1.70. The third-order valence-corrected chi connectivity index (χ3v) is 5.23. The van der Waals surface area contributed by atoms with Gasteiger partial charge in [-0.1, -0.05) is 73.1 Å². The highest BCUT2D eigenvalue weighted by molar-refractivity contribution is 9.10. The van der Waals surface area contributed by atoms with E-state index in [1.807, 2.05) is 57.2 Å². The Hall–Kier alpha value is -3.12. The zero-order chi connectivity index (χ0) is 23.1. The van der Waals surface area contributed by atoms with Crippen LogP contribution in [0.4, 0.5) is 11.4 Å². The number of halogens is 1. The van der Waals surface area contributed by atoms with Crippen LogP contribution in [0.25, 0.3) is 0 Å². The first-order valence-corrected chi connectivity index (χ1v) is 11.2. The normalized spacial score (nSPS) is 11.0. The van der Waals surface area contributed by atoms with Crippen LogP contribution in [0.1, 0.15) is 36.7 Å². The number of ether oxygens (including phenoxy) is 1. The van der Waals surface area contributed by atoms with Crippen molar-refractivity contribution in [3.63, 3.8) is 0 Å². The van der Waals surface area contributed by atoms with Crippen LogP contribution in [0.5, 0.6) is 5.75 Å². The minimum Gasteiger partial charge on any atom is -0.492 e. The summed E-state index contributed by atoms with van der Waals surface area (Å²) in [6.45, 7) is 6.00. The first-order valence-electron chi connectivity index (χ1n) is 10.4. The summed E-state index contributed by atoms with van der Waals surface area (Å²) in [5.41, 5.74) is 2.29. The molecule has 0 saturated carbocycles. The maximum atomic E-state index is 13.0. The fourth-order valence-corrected chi connectivity index (χ4v) is 3.28. The summed E-state index contributed by atoms with van der Waals surface area (Å²) in [6, 6.07) is 22.5. The lowest BCUT2D eigenvalue weighted by Gasteiger charge is -2.18. The van der Waals surface area contributed by atoms with Crippen molar-refractivity contribution < 1.29 is 14.3 Å². The third kappa shape index (κ3) is 6.69. The molecule has 2 N–H and O–H groups in total. The van der Waals surface area contributed by atoms with Gasteiger partial charge in [-0.15, -0.1) is 0 Å². The van der Waals surface area contributed by atoms with E-state index in [0.29, 0.717) is 29.3 Å². The number of carbonyl (C=O) groups excluding carboxylic acids is 2. The molecule has 2 amide bonds. The van der Waals surface area contributed by atoms with Gasteiger partial charge in [0.1, 0.15) is 5.75 Å². The van der Waals surface area contributed by atoms with Crippen molar-refractivity contribution in [1.29, 1.82) is 0 Å². The molecule has 3 aromatic carbocycles. The Labute approximate surface area is 197 Å². The second-order valence-corrected chi connectivity index (χ2v) is 9.38. The van der Waals surface area contributed by atoms with Gasteiger partial charge in [-0.3, -0.25) is 9.59 Å². The lowest BCUT2D eigenvalue weighted by atomic mass is 9.95. The van der Waals surface area contributed by atoms with Gasteiger partial charge < -0.3 is 15.4 Å². The Kier molecular flexibility index (Phi) is 7.70. The van der Waals surface area contributed by atoms with E-state index in [0.717, 1.165) is 10.9 Å². The maximum absolute atomic E-state index is 13.0. The summed E-state index contributed by atoms with van der Waals surface area (Å²) in [5, 5.41) is 5.77. The largest absolute Gasteiger partial charge is 0.492 e. The first kappa shape index (κ1) is 23.5. The van der Waals surface area contributed by atoms with Crippen LogP contribution in [-0.4, -0.2) is 18.4 Å². The molecule has 0 unspecified atom stereocenters. The van der Waals surface area contributed by atoms with Gasteiger partial charge in [0.2, 0.25) is 5.91 Å². The molecular weight excluding hydrogens is 468 g/mol. The van der Waals surface area contributed by atoms with Crippen LogP contribution in [0.3, 0.4) is 0 Å². The molecule has 0 atom stereocenters. The molecule has 0 aromatic heterocycles. The third-order valence-electron chi connectivity index (χ3n) is 4.74. The van der Waals surface area contributed by atoms with Crippen LogP contribution >= 0.6 is 15.9 Å². The van der Waals surface area contributed by atoms with E-state index < -0.39 is 5.41 Å².